The molecule has 1 saturated carbocycles. The topological polar surface area (TPSA) is 132 Å². The highest BCUT2D eigenvalue weighted by Crippen LogP contribution is 2.50. The number of aliphatic hydroxyl groups is 2. The minimum atomic E-state index is -1.52. The van der Waals surface area contributed by atoms with Crippen molar-refractivity contribution in [3.05, 3.63) is 35.9 Å². The van der Waals surface area contributed by atoms with Crippen molar-refractivity contribution in [1.82, 2.24) is 0 Å². The molecular weight excluding hydrogens is 360 g/mol. The Labute approximate surface area is 154 Å². The van der Waals surface area contributed by atoms with Crippen LogP contribution in [-0.4, -0.2) is 70.8 Å². The molecule has 0 aromatic heterocycles. The van der Waals surface area contributed by atoms with Crippen LogP contribution in [0, 0.1) is 0 Å². The van der Waals surface area contributed by atoms with Gasteiger partial charge >= 0.3 is 17.9 Å². The van der Waals surface area contributed by atoms with Gasteiger partial charge in [0.15, 0.2) is 17.8 Å². The van der Waals surface area contributed by atoms with Crippen LogP contribution < -0.4 is 0 Å². The first kappa shape index (κ1) is 19.3. The summed E-state index contributed by atoms with van der Waals surface area (Å²) in [4.78, 5) is 35.1. The number of benzene rings is 1. The van der Waals surface area contributed by atoms with Gasteiger partial charge in [-0.2, -0.15) is 0 Å². The third kappa shape index (κ3) is 3.66. The van der Waals surface area contributed by atoms with Gasteiger partial charge in [-0.15, -0.1) is 0 Å². The fourth-order valence-electron chi connectivity index (χ4n) is 3.32. The highest BCUT2D eigenvalue weighted by atomic mass is 16.7. The number of hydrogen-bond donors (Lipinski definition) is 2. The maximum atomic E-state index is 12.2. The van der Waals surface area contributed by atoms with Gasteiger partial charge in [-0.25, -0.2) is 4.79 Å². The Morgan fingerprint density at radius 3 is 2.26 bits per heavy atom. The predicted molar refractivity (Wildman–Crippen MR) is 87.5 cm³/mol. The zero-order valence-corrected chi connectivity index (χ0v) is 14.7. The molecular formula is C18H20O9. The second-order valence-corrected chi connectivity index (χ2v) is 6.52. The van der Waals surface area contributed by atoms with E-state index in [4.69, 9.17) is 18.9 Å². The van der Waals surface area contributed by atoms with Crippen molar-refractivity contribution < 1.29 is 43.5 Å². The molecule has 1 aliphatic heterocycles. The van der Waals surface area contributed by atoms with Crippen LogP contribution in [0.2, 0.25) is 0 Å². The summed E-state index contributed by atoms with van der Waals surface area (Å²) in [5.41, 5.74) is -1.10. The lowest BCUT2D eigenvalue weighted by Gasteiger charge is -2.38. The Morgan fingerprint density at radius 1 is 1.04 bits per heavy atom. The number of carbonyl (C=O) groups excluding carboxylic acids is 3. The van der Waals surface area contributed by atoms with Gasteiger partial charge in [0, 0.05) is 13.8 Å². The van der Waals surface area contributed by atoms with Crippen LogP contribution in [0.3, 0.4) is 0 Å². The van der Waals surface area contributed by atoms with Crippen molar-refractivity contribution in [2.24, 2.45) is 0 Å². The number of aliphatic hydroxyl groups excluding tert-OH is 2. The molecule has 0 spiro atoms. The van der Waals surface area contributed by atoms with Crippen LogP contribution in [0.25, 0.3) is 0 Å². The second kappa shape index (κ2) is 7.26. The number of carbonyl (C=O) groups is 3. The maximum absolute atomic E-state index is 12.2. The lowest BCUT2D eigenvalue weighted by Crippen LogP contribution is -2.62. The van der Waals surface area contributed by atoms with Crippen molar-refractivity contribution in [3.63, 3.8) is 0 Å². The highest BCUT2D eigenvalue weighted by Gasteiger charge is 2.75. The number of epoxide rings is 1. The van der Waals surface area contributed by atoms with Crippen LogP contribution in [0.4, 0.5) is 0 Å². The van der Waals surface area contributed by atoms with E-state index in [-0.39, 0.29) is 6.61 Å². The SMILES string of the molecule is CC(=O)O[C@H]1[C@H](O)[C@@H](O)[C@@H]2O[C@]2(COC(=O)c2ccccc2)[C@@H]1OC(C)=O. The Hall–Kier alpha value is -2.49. The van der Waals surface area contributed by atoms with E-state index in [1.165, 1.54) is 0 Å². The molecule has 2 fully saturated rings. The Morgan fingerprint density at radius 2 is 1.67 bits per heavy atom. The fourth-order valence-corrected chi connectivity index (χ4v) is 3.32. The largest absolute Gasteiger partial charge is 0.459 e. The van der Waals surface area contributed by atoms with Gasteiger partial charge < -0.3 is 29.2 Å². The second-order valence-electron chi connectivity index (χ2n) is 6.52. The zero-order chi connectivity index (χ0) is 19.8. The number of rotatable bonds is 5. The summed E-state index contributed by atoms with van der Waals surface area (Å²) in [7, 11) is 0. The lowest BCUT2D eigenvalue weighted by atomic mass is 9.80. The van der Waals surface area contributed by atoms with Crippen LogP contribution in [0.5, 0.6) is 0 Å². The van der Waals surface area contributed by atoms with Crippen molar-refractivity contribution in [1.29, 1.82) is 0 Å². The standard InChI is InChI=1S/C18H20O9/c1-9(19)25-14-12(21)13(22)15-18(27-15,16(14)26-10(2)20)8-24-17(23)11-6-4-3-5-7-11/h3-7,12-16,21-22H,8H2,1-2H3/t12-,13-,14+,15+,16-,18+/m1/s1. The van der Waals surface area contributed by atoms with Gasteiger partial charge in [-0.1, -0.05) is 18.2 Å². The molecule has 27 heavy (non-hydrogen) atoms. The Balaban J connectivity index is 1.81. The normalized spacial score (nSPS) is 34.1. The van der Waals surface area contributed by atoms with Gasteiger partial charge in [0.25, 0.3) is 0 Å². The molecule has 2 aliphatic rings. The molecule has 1 aliphatic carbocycles. The molecule has 1 heterocycles. The van der Waals surface area contributed by atoms with Crippen LogP contribution in [-0.2, 0) is 28.5 Å². The average molecular weight is 380 g/mol. The van der Waals surface area contributed by atoms with Crippen molar-refractivity contribution in [2.45, 2.75) is 50.0 Å². The van der Waals surface area contributed by atoms with Gasteiger partial charge in [0.2, 0.25) is 0 Å². The summed E-state index contributed by atoms with van der Waals surface area (Å²) in [6, 6.07) is 8.22. The van der Waals surface area contributed by atoms with Crippen LogP contribution >= 0.6 is 0 Å². The number of hydrogen-bond acceptors (Lipinski definition) is 9. The lowest BCUT2D eigenvalue weighted by molar-refractivity contribution is -0.196. The molecule has 1 saturated heterocycles. The van der Waals surface area contributed by atoms with Gasteiger partial charge in [0.05, 0.1) is 5.56 Å². The van der Waals surface area contributed by atoms with Crippen LogP contribution in [0.1, 0.15) is 24.2 Å². The third-order valence-electron chi connectivity index (χ3n) is 4.58. The molecule has 9 heteroatoms. The van der Waals surface area contributed by atoms with E-state index in [0.29, 0.717) is 5.56 Å². The molecule has 0 amide bonds. The smallest absolute Gasteiger partial charge is 0.338 e. The fraction of sp³-hybridized carbons (Fsp3) is 0.500. The molecule has 0 unspecified atom stereocenters. The molecule has 9 nitrogen and oxygen atoms in total. The first-order chi connectivity index (χ1) is 12.8. The zero-order valence-electron chi connectivity index (χ0n) is 14.7. The monoisotopic (exact) mass is 380 g/mol. The number of ether oxygens (including phenoxy) is 4. The van der Waals surface area contributed by atoms with E-state index in [2.05, 4.69) is 0 Å². The molecule has 146 valence electrons. The molecule has 1 aromatic carbocycles. The molecule has 6 atom stereocenters. The summed E-state index contributed by atoms with van der Waals surface area (Å²) >= 11 is 0. The minimum absolute atomic E-state index is 0.308. The van der Waals surface area contributed by atoms with E-state index in [1.54, 1.807) is 30.3 Å². The maximum Gasteiger partial charge on any atom is 0.338 e. The van der Waals surface area contributed by atoms with Gasteiger partial charge in [-0.3, -0.25) is 9.59 Å². The van der Waals surface area contributed by atoms with Crippen molar-refractivity contribution in [3.8, 4) is 0 Å². The van der Waals surface area contributed by atoms with E-state index in [0.717, 1.165) is 13.8 Å². The number of fused-ring (bicyclic) bond motifs is 1. The summed E-state index contributed by atoms with van der Waals surface area (Å²) in [5, 5.41) is 20.5. The van der Waals surface area contributed by atoms with Gasteiger partial charge in [0.1, 0.15) is 24.9 Å². The Bertz CT molecular complexity index is 734. The number of esters is 3. The van der Waals surface area contributed by atoms with Crippen molar-refractivity contribution >= 4 is 17.9 Å². The summed E-state index contributed by atoms with van der Waals surface area (Å²) in [5.74, 6) is -2.08. The summed E-state index contributed by atoms with van der Waals surface area (Å²) < 4.78 is 21.0. The van der Waals surface area contributed by atoms with Crippen LogP contribution in [0.15, 0.2) is 30.3 Å². The van der Waals surface area contributed by atoms with E-state index < -0.39 is 54.0 Å². The first-order valence-electron chi connectivity index (χ1n) is 8.37. The van der Waals surface area contributed by atoms with E-state index in [1.807, 2.05) is 0 Å². The Kier molecular flexibility index (Phi) is 5.18. The van der Waals surface area contributed by atoms with E-state index in [9.17, 15) is 24.6 Å². The third-order valence-corrected chi connectivity index (χ3v) is 4.58. The molecule has 3 rings (SSSR count). The summed E-state index contributed by atoms with van der Waals surface area (Å²) in [6.45, 7) is 1.90. The quantitative estimate of drug-likeness (QED) is 0.397. The van der Waals surface area contributed by atoms with Gasteiger partial charge in [-0.05, 0) is 12.1 Å². The first-order valence-corrected chi connectivity index (χ1v) is 8.37. The molecule has 0 radical (unpaired) electrons. The highest BCUT2D eigenvalue weighted by molar-refractivity contribution is 5.89. The van der Waals surface area contributed by atoms with Crippen molar-refractivity contribution in [2.75, 3.05) is 6.61 Å². The van der Waals surface area contributed by atoms with E-state index >= 15 is 0 Å². The molecule has 1 aromatic rings. The average Bonchev–Trinajstić information content (AvgIpc) is 3.37. The molecule has 0 bridgehead atoms. The summed E-state index contributed by atoms with van der Waals surface area (Å²) in [6.07, 6.45) is -6.48. The predicted octanol–water partition coefficient (Wildman–Crippen LogP) is -0.420. The minimum Gasteiger partial charge on any atom is -0.459 e. The molecule has 2 N–H and O–H groups in total.